The number of rotatable bonds is 5. The van der Waals surface area contributed by atoms with Crippen LogP contribution in [-0.2, 0) is 17.6 Å². The molecule has 0 saturated heterocycles. The number of halogens is 1. The lowest BCUT2D eigenvalue weighted by Crippen LogP contribution is -2.31. The Balaban J connectivity index is 1.81. The van der Waals surface area contributed by atoms with Crippen LogP contribution in [0.3, 0.4) is 0 Å². The zero-order valence-electron chi connectivity index (χ0n) is 12.3. The number of anilines is 1. The van der Waals surface area contributed by atoms with Crippen LogP contribution in [0, 0.1) is 0 Å². The van der Waals surface area contributed by atoms with E-state index >= 15 is 0 Å². The molecule has 2 heterocycles. The van der Waals surface area contributed by atoms with E-state index in [1.165, 1.54) is 4.57 Å². The molecule has 3 rings (SSSR count). The van der Waals surface area contributed by atoms with Crippen LogP contribution >= 0.6 is 11.6 Å². The molecule has 23 heavy (non-hydrogen) atoms. The number of aromatic nitrogens is 2. The number of aliphatic carboxylic acids is 1. The quantitative estimate of drug-likeness (QED) is 0.875. The molecule has 0 amide bonds. The fourth-order valence-corrected chi connectivity index (χ4v) is 3.09. The van der Waals surface area contributed by atoms with Gasteiger partial charge in [-0.2, -0.15) is 0 Å². The van der Waals surface area contributed by atoms with Crippen molar-refractivity contribution in [2.24, 2.45) is 0 Å². The Labute approximate surface area is 137 Å². The van der Waals surface area contributed by atoms with Gasteiger partial charge in [-0.25, -0.2) is 9.78 Å². The van der Waals surface area contributed by atoms with Gasteiger partial charge < -0.3 is 10.4 Å². The predicted octanol–water partition coefficient (Wildman–Crippen LogP) is 2.12. The average Bonchev–Trinajstić information content (AvgIpc) is 2.99. The molecule has 0 radical (unpaired) electrons. The number of carbonyl (C=O) groups is 1. The van der Waals surface area contributed by atoms with E-state index in [-0.39, 0.29) is 11.0 Å². The van der Waals surface area contributed by atoms with E-state index in [0.717, 1.165) is 12.0 Å². The van der Waals surface area contributed by atoms with Crippen molar-refractivity contribution in [3.05, 3.63) is 57.1 Å². The molecule has 7 heteroatoms. The van der Waals surface area contributed by atoms with Gasteiger partial charge in [0, 0.05) is 6.54 Å². The zero-order valence-corrected chi connectivity index (χ0v) is 13.1. The monoisotopic (exact) mass is 333 g/mol. The van der Waals surface area contributed by atoms with Gasteiger partial charge >= 0.3 is 5.97 Å². The van der Waals surface area contributed by atoms with Crippen molar-refractivity contribution in [2.45, 2.75) is 25.3 Å². The van der Waals surface area contributed by atoms with E-state index in [4.69, 9.17) is 11.6 Å². The molecule has 0 fully saturated rings. The number of carboxylic acid groups (broad SMARTS) is 1. The second kappa shape index (κ2) is 6.42. The van der Waals surface area contributed by atoms with Crippen LogP contribution in [0.2, 0.25) is 5.15 Å². The van der Waals surface area contributed by atoms with E-state index in [1.54, 1.807) is 0 Å². The molecular formula is C16H16ClN3O3. The summed E-state index contributed by atoms with van der Waals surface area (Å²) in [6.07, 6.45) is 1.53. The van der Waals surface area contributed by atoms with Gasteiger partial charge in [0.2, 0.25) is 0 Å². The van der Waals surface area contributed by atoms with Gasteiger partial charge in [0.05, 0.1) is 5.69 Å². The highest BCUT2D eigenvalue weighted by molar-refractivity contribution is 6.30. The van der Waals surface area contributed by atoms with Gasteiger partial charge in [-0.05, 0) is 24.8 Å². The Morgan fingerprint density at radius 3 is 2.83 bits per heavy atom. The molecule has 0 saturated carbocycles. The molecule has 0 unspecified atom stereocenters. The van der Waals surface area contributed by atoms with Gasteiger partial charge in [-0.15, -0.1) is 0 Å². The number of benzene rings is 1. The maximum absolute atomic E-state index is 12.5. The van der Waals surface area contributed by atoms with Crippen molar-refractivity contribution in [1.82, 2.24) is 9.55 Å². The molecule has 0 bridgehead atoms. The van der Waals surface area contributed by atoms with Crippen LogP contribution in [0.5, 0.6) is 0 Å². The molecule has 0 spiro atoms. The summed E-state index contributed by atoms with van der Waals surface area (Å²) in [6, 6.07) is 8.97. The van der Waals surface area contributed by atoms with E-state index < -0.39 is 17.6 Å². The smallest absolute Gasteiger partial charge is 0.326 e. The minimum absolute atomic E-state index is 0.0998. The lowest BCUT2D eigenvalue weighted by atomic mass is 10.1. The summed E-state index contributed by atoms with van der Waals surface area (Å²) in [7, 11) is 0. The fraction of sp³-hybridized carbons (Fsp3) is 0.312. The maximum Gasteiger partial charge on any atom is 0.326 e. The Bertz CT molecular complexity index is 789. The number of fused-ring (bicyclic) bond motifs is 1. The number of carboxylic acids is 1. The highest BCUT2D eigenvalue weighted by atomic mass is 35.5. The van der Waals surface area contributed by atoms with Crippen molar-refractivity contribution in [1.29, 1.82) is 0 Å². The number of hydrogen-bond acceptors (Lipinski definition) is 4. The van der Waals surface area contributed by atoms with Crippen LogP contribution in [-0.4, -0.2) is 27.2 Å². The molecule has 1 aromatic carbocycles. The summed E-state index contributed by atoms with van der Waals surface area (Å²) in [5.41, 5.74) is 1.20. The minimum Gasteiger partial charge on any atom is -0.480 e. The summed E-state index contributed by atoms with van der Waals surface area (Å²) in [6.45, 7) is 0.514. The van der Waals surface area contributed by atoms with Gasteiger partial charge in [0.25, 0.3) is 5.56 Å². The van der Waals surface area contributed by atoms with E-state index in [9.17, 15) is 14.7 Å². The average molecular weight is 334 g/mol. The molecule has 2 aromatic rings. The molecule has 2 N–H and O–H groups in total. The third-order valence-electron chi connectivity index (χ3n) is 3.96. The Kier molecular flexibility index (Phi) is 4.34. The van der Waals surface area contributed by atoms with E-state index in [0.29, 0.717) is 25.1 Å². The topological polar surface area (TPSA) is 84.2 Å². The highest BCUT2D eigenvalue weighted by Gasteiger charge is 2.32. The molecule has 0 aliphatic carbocycles. The summed E-state index contributed by atoms with van der Waals surface area (Å²) >= 11 is 6.11. The maximum atomic E-state index is 12.5. The van der Waals surface area contributed by atoms with Crippen LogP contribution in [0.15, 0.2) is 35.1 Å². The van der Waals surface area contributed by atoms with E-state index in [1.807, 2.05) is 30.3 Å². The summed E-state index contributed by atoms with van der Waals surface area (Å²) in [5.74, 6) is -0.925. The van der Waals surface area contributed by atoms with Crippen molar-refractivity contribution in [3.63, 3.8) is 0 Å². The van der Waals surface area contributed by atoms with Gasteiger partial charge in [0.15, 0.2) is 11.0 Å². The third-order valence-corrected chi connectivity index (χ3v) is 4.26. The summed E-state index contributed by atoms with van der Waals surface area (Å²) < 4.78 is 1.25. The largest absolute Gasteiger partial charge is 0.480 e. The van der Waals surface area contributed by atoms with Gasteiger partial charge in [0.1, 0.15) is 6.04 Å². The van der Waals surface area contributed by atoms with Gasteiger partial charge in [-0.3, -0.25) is 9.36 Å². The summed E-state index contributed by atoms with van der Waals surface area (Å²) in [5, 5.41) is 12.4. The third kappa shape index (κ3) is 3.07. The first-order valence-corrected chi connectivity index (χ1v) is 7.77. The predicted molar refractivity (Wildman–Crippen MR) is 87.1 cm³/mol. The lowest BCUT2D eigenvalue weighted by molar-refractivity contribution is -0.140. The van der Waals surface area contributed by atoms with Crippen molar-refractivity contribution in [3.8, 4) is 0 Å². The number of nitrogens with zero attached hydrogens (tertiary/aromatic N) is 2. The normalized spacial score (nSPS) is 16.1. The van der Waals surface area contributed by atoms with Crippen LogP contribution < -0.4 is 10.9 Å². The summed E-state index contributed by atoms with van der Waals surface area (Å²) in [4.78, 5) is 27.9. The van der Waals surface area contributed by atoms with Crippen LogP contribution in [0.1, 0.15) is 23.7 Å². The molecule has 6 nitrogen and oxygen atoms in total. The molecule has 120 valence electrons. The standard InChI is InChI=1S/C16H16ClN3O3/c17-13-11-6-7-12(16(22)23)20(11)15(21)14(19-13)18-9-8-10-4-2-1-3-5-10/h1-5,12H,6-9H2,(H,18,19)(H,22,23)/t12-/m0/s1. The Hall–Kier alpha value is -2.34. The molecule has 1 aliphatic heterocycles. The highest BCUT2D eigenvalue weighted by Crippen LogP contribution is 2.28. The second-order valence-electron chi connectivity index (χ2n) is 5.43. The van der Waals surface area contributed by atoms with Crippen LogP contribution in [0.25, 0.3) is 0 Å². The first-order valence-electron chi connectivity index (χ1n) is 7.39. The molecule has 1 atom stereocenters. The van der Waals surface area contributed by atoms with Crippen molar-refractivity contribution in [2.75, 3.05) is 11.9 Å². The first-order chi connectivity index (χ1) is 11.1. The zero-order chi connectivity index (χ0) is 16.4. The van der Waals surface area contributed by atoms with Crippen molar-refractivity contribution < 1.29 is 9.90 Å². The second-order valence-corrected chi connectivity index (χ2v) is 5.79. The molecule has 1 aromatic heterocycles. The SMILES string of the molecule is O=C(O)[C@@H]1CCc2c(Cl)nc(NCCc3ccccc3)c(=O)n21. The molecule has 1 aliphatic rings. The van der Waals surface area contributed by atoms with E-state index in [2.05, 4.69) is 10.3 Å². The first kappa shape index (κ1) is 15.6. The molecular weight excluding hydrogens is 318 g/mol. The van der Waals surface area contributed by atoms with Crippen molar-refractivity contribution >= 4 is 23.4 Å². The Morgan fingerprint density at radius 2 is 2.13 bits per heavy atom. The van der Waals surface area contributed by atoms with Gasteiger partial charge in [-0.1, -0.05) is 41.9 Å². The fourth-order valence-electron chi connectivity index (χ4n) is 2.82. The Morgan fingerprint density at radius 1 is 1.39 bits per heavy atom. The minimum atomic E-state index is -1.02. The number of nitrogens with one attached hydrogen (secondary N) is 1. The van der Waals surface area contributed by atoms with Crippen LogP contribution in [0.4, 0.5) is 5.82 Å². The lowest BCUT2D eigenvalue weighted by Gasteiger charge is -2.13. The number of hydrogen-bond donors (Lipinski definition) is 2.